The largest absolute Gasteiger partial charge is 0.379 e. The molecular formula is C16H20N4OS2. The first-order valence-corrected chi connectivity index (χ1v) is 9.45. The maximum atomic E-state index is 12.5. The van der Waals surface area contributed by atoms with Crippen LogP contribution in [0.2, 0.25) is 0 Å². The highest BCUT2D eigenvalue weighted by Crippen LogP contribution is 2.35. The number of H-pyrrole nitrogens is 1. The average Bonchev–Trinajstić information content (AvgIpc) is 2.88. The second-order valence-electron chi connectivity index (χ2n) is 5.80. The van der Waals surface area contributed by atoms with Gasteiger partial charge in [0.05, 0.1) is 17.7 Å². The Balaban J connectivity index is 1.87. The predicted octanol–water partition coefficient (Wildman–Crippen LogP) is 2.84. The smallest absolute Gasteiger partial charge is 0.259 e. The van der Waals surface area contributed by atoms with Crippen LogP contribution in [-0.2, 0) is 18.6 Å². The fraction of sp³-hybridized carbons (Fsp3) is 0.438. The van der Waals surface area contributed by atoms with Crippen LogP contribution >= 0.6 is 23.1 Å². The number of hydrogen-bond donors (Lipinski definition) is 2. The van der Waals surface area contributed by atoms with Crippen LogP contribution in [0.3, 0.4) is 0 Å². The van der Waals surface area contributed by atoms with Crippen LogP contribution in [0.15, 0.2) is 22.4 Å². The lowest BCUT2D eigenvalue weighted by atomic mass is 9.89. The number of aryl methyl sites for hydroxylation is 1. The van der Waals surface area contributed by atoms with Crippen LogP contribution in [0.5, 0.6) is 0 Å². The summed E-state index contributed by atoms with van der Waals surface area (Å²) in [5.41, 5.74) is 6.98. The van der Waals surface area contributed by atoms with Crippen LogP contribution in [-0.4, -0.2) is 21.7 Å². The molecular weight excluding hydrogens is 328 g/mol. The first-order valence-electron chi connectivity index (χ1n) is 7.65. The second-order valence-corrected chi connectivity index (χ2v) is 7.88. The molecule has 5 nitrogen and oxygen atoms in total. The number of aromatic amines is 1. The van der Waals surface area contributed by atoms with Gasteiger partial charge in [-0.2, -0.15) is 0 Å². The molecule has 0 unspecified atom stereocenters. The number of nitrogens with zero attached hydrogens (tertiary/aromatic N) is 2. The van der Waals surface area contributed by atoms with E-state index < -0.39 is 0 Å². The zero-order valence-electron chi connectivity index (χ0n) is 13.1. The molecule has 3 rings (SSSR count). The van der Waals surface area contributed by atoms with Crippen molar-refractivity contribution in [3.63, 3.8) is 0 Å². The SMILES string of the molecule is C=CCN=C(N)SCc1nc2sc3c(c2c(=O)[nH]1)CC[C@H](C)C3. The van der Waals surface area contributed by atoms with Crippen LogP contribution in [0.25, 0.3) is 10.2 Å². The number of nitrogens with one attached hydrogen (secondary N) is 1. The van der Waals surface area contributed by atoms with Gasteiger partial charge in [-0.15, -0.1) is 17.9 Å². The van der Waals surface area contributed by atoms with E-state index in [-0.39, 0.29) is 5.56 Å². The highest BCUT2D eigenvalue weighted by molar-refractivity contribution is 8.13. The van der Waals surface area contributed by atoms with Crippen LogP contribution in [0, 0.1) is 5.92 Å². The van der Waals surface area contributed by atoms with Gasteiger partial charge >= 0.3 is 0 Å². The lowest BCUT2D eigenvalue weighted by molar-refractivity contribution is 0.509. The Morgan fingerprint density at radius 3 is 3.26 bits per heavy atom. The molecule has 7 heteroatoms. The number of fused-ring (bicyclic) bond motifs is 3. The Morgan fingerprint density at radius 1 is 1.65 bits per heavy atom. The first kappa shape index (κ1) is 16.3. The van der Waals surface area contributed by atoms with Crippen molar-refractivity contribution in [3.8, 4) is 0 Å². The molecule has 1 atom stereocenters. The summed E-state index contributed by atoms with van der Waals surface area (Å²) >= 11 is 3.04. The Kier molecular flexibility index (Phi) is 4.87. The van der Waals surface area contributed by atoms with Crippen molar-refractivity contribution in [1.82, 2.24) is 9.97 Å². The predicted molar refractivity (Wildman–Crippen MR) is 99.4 cm³/mol. The summed E-state index contributed by atoms with van der Waals surface area (Å²) in [5, 5.41) is 1.27. The molecule has 0 saturated carbocycles. The van der Waals surface area contributed by atoms with E-state index in [0.717, 1.165) is 29.5 Å². The maximum Gasteiger partial charge on any atom is 0.259 e. The summed E-state index contributed by atoms with van der Waals surface area (Å²) < 4.78 is 0. The number of rotatable bonds is 4. The molecule has 1 aliphatic rings. The van der Waals surface area contributed by atoms with E-state index in [4.69, 9.17) is 5.73 Å². The summed E-state index contributed by atoms with van der Waals surface area (Å²) in [6, 6.07) is 0. The molecule has 1 aliphatic carbocycles. The number of aromatic nitrogens is 2. The highest BCUT2D eigenvalue weighted by atomic mass is 32.2. The molecule has 2 aromatic heterocycles. The van der Waals surface area contributed by atoms with E-state index >= 15 is 0 Å². The molecule has 2 aromatic rings. The molecule has 0 aromatic carbocycles. The van der Waals surface area contributed by atoms with Gasteiger partial charge in [0, 0.05) is 4.88 Å². The van der Waals surface area contributed by atoms with Crippen molar-refractivity contribution in [2.45, 2.75) is 31.9 Å². The number of amidine groups is 1. The lowest BCUT2D eigenvalue weighted by Gasteiger charge is -2.17. The minimum Gasteiger partial charge on any atom is -0.379 e. The number of hydrogen-bond acceptors (Lipinski definition) is 5. The minimum absolute atomic E-state index is 0.0285. The molecule has 0 spiro atoms. The highest BCUT2D eigenvalue weighted by Gasteiger charge is 2.22. The second kappa shape index (κ2) is 6.88. The van der Waals surface area contributed by atoms with Crippen LogP contribution < -0.4 is 11.3 Å². The van der Waals surface area contributed by atoms with Gasteiger partial charge in [0.1, 0.15) is 10.7 Å². The van der Waals surface area contributed by atoms with Gasteiger partial charge in [-0.1, -0.05) is 24.8 Å². The number of aliphatic imine (C=N–C) groups is 1. The Bertz CT molecular complexity index is 821. The quantitative estimate of drug-likeness (QED) is 0.505. The van der Waals surface area contributed by atoms with E-state index in [9.17, 15) is 4.79 Å². The monoisotopic (exact) mass is 348 g/mol. The molecule has 0 fully saturated rings. The summed E-state index contributed by atoms with van der Waals surface area (Å²) in [4.78, 5) is 26.3. The van der Waals surface area contributed by atoms with E-state index in [1.54, 1.807) is 17.4 Å². The van der Waals surface area contributed by atoms with Gasteiger partial charge in [-0.05, 0) is 30.7 Å². The third-order valence-electron chi connectivity index (χ3n) is 3.95. The molecule has 0 saturated heterocycles. The van der Waals surface area contributed by atoms with Gasteiger partial charge in [0.15, 0.2) is 5.17 Å². The van der Waals surface area contributed by atoms with E-state index in [1.807, 2.05) is 0 Å². The molecule has 122 valence electrons. The van der Waals surface area contributed by atoms with Crippen molar-refractivity contribution in [1.29, 1.82) is 0 Å². The molecule has 0 radical (unpaired) electrons. The molecule has 2 heterocycles. The standard InChI is InChI=1S/C16H20N4OS2/c1-3-6-18-16(17)22-8-12-19-14(21)13-10-5-4-9(2)7-11(10)23-15(13)20-12/h3,9H,1,4-8H2,2H3,(H2,17,18)(H,19,20,21)/t9-/m0/s1. The zero-order chi connectivity index (χ0) is 16.4. The Labute approximate surface area is 143 Å². The summed E-state index contributed by atoms with van der Waals surface area (Å²) in [7, 11) is 0. The molecule has 0 bridgehead atoms. The fourth-order valence-electron chi connectivity index (χ4n) is 2.80. The third kappa shape index (κ3) is 3.50. The summed E-state index contributed by atoms with van der Waals surface area (Å²) in [6.45, 7) is 6.36. The van der Waals surface area contributed by atoms with Crippen molar-refractivity contribution < 1.29 is 0 Å². The van der Waals surface area contributed by atoms with Crippen molar-refractivity contribution in [2.24, 2.45) is 16.6 Å². The molecule has 0 aliphatic heterocycles. The summed E-state index contributed by atoms with van der Waals surface area (Å²) in [6.07, 6.45) is 4.88. The Hall–Kier alpha value is -1.60. The van der Waals surface area contributed by atoms with Crippen molar-refractivity contribution in [3.05, 3.63) is 39.3 Å². The minimum atomic E-state index is -0.0285. The van der Waals surface area contributed by atoms with Gasteiger partial charge < -0.3 is 10.7 Å². The van der Waals surface area contributed by atoms with Crippen molar-refractivity contribution >= 4 is 38.5 Å². The van der Waals surface area contributed by atoms with Gasteiger partial charge in [-0.3, -0.25) is 9.79 Å². The topological polar surface area (TPSA) is 84.1 Å². The van der Waals surface area contributed by atoms with Gasteiger partial charge in [-0.25, -0.2) is 4.98 Å². The Morgan fingerprint density at radius 2 is 2.48 bits per heavy atom. The normalized spacial score (nSPS) is 18.1. The number of thiophene rings is 1. The van der Waals surface area contributed by atoms with E-state index in [0.29, 0.717) is 29.2 Å². The van der Waals surface area contributed by atoms with Crippen LogP contribution in [0.1, 0.15) is 29.6 Å². The zero-order valence-corrected chi connectivity index (χ0v) is 14.7. The molecule has 3 N–H and O–H groups in total. The first-order chi connectivity index (χ1) is 11.1. The van der Waals surface area contributed by atoms with E-state index in [2.05, 4.69) is 28.5 Å². The van der Waals surface area contributed by atoms with Gasteiger partial charge in [0.2, 0.25) is 0 Å². The van der Waals surface area contributed by atoms with E-state index in [1.165, 1.54) is 22.2 Å². The molecule has 23 heavy (non-hydrogen) atoms. The lowest BCUT2D eigenvalue weighted by Crippen LogP contribution is -2.15. The van der Waals surface area contributed by atoms with Crippen LogP contribution in [0.4, 0.5) is 0 Å². The summed E-state index contributed by atoms with van der Waals surface area (Å²) in [5.74, 6) is 1.85. The number of nitrogens with two attached hydrogens (primary N) is 1. The number of thioether (sulfide) groups is 1. The maximum absolute atomic E-state index is 12.5. The molecule has 0 amide bonds. The fourth-order valence-corrected chi connectivity index (χ4v) is 4.79. The average molecular weight is 348 g/mol. The third-order valence-corrected chi connectivity index (χ3v) is 5.94. The van der Waals surface area contributed by atoms with Gasteiger partial charge in [0.25, 0.3) is 5.56 Å². The van der Waals surface area contributed by atoms with Crippen molar-refractivity contribution in [2.75, 3.05) is 6.54 Å².